The van der Waals surface area contributed by atoms with Gasteiger partial charge in [0.2, 0.25) is 0 Å². The second-order valence-corrected chi connectivity index (χ2v) is 5.81. The number of para-hydroxylation sites is 1. The summed E-state index contributed by atoms with van der Waals surface area (Å²) in [6, 6.07) is 12.1. The fourth-order valence-corrected chi connectivity index (χ4v) is 2.41. The van der Waals surface area contributed by atoms with Gasteiger partial charge in [0.15, 0.2) is 11.5 Å². The van der Waals surface area contributed by atoms with Gasteiger partial charge in [0.1, 0.15) is 0 Å². The zero-order chi connectivity index (χ0) is 16.7. The molecule has 0 amide bonds. The normalized spacial score (nSPS) is 10.8. The highest BCUT2D eigenvalue weighted by Gasteiger charge is 2.11. The minimum absolute atomic E-state index is 0.113. The Morgan fingerprint density at radius 3 is 2.61 bits per heavy atom. The van der Waals surface area contributed by atoms with Crippen molar-refractivity contribution in [2.24, 2.45) is 0 Å². The Bertz CT molecular complexity index is 627. The number of nitrogens with one attached hydrogen (secondary N) is 1. The fourth-order valence-electron chi connectivity index (χ4n) is 2.41. The van der Waals surface area contributed by atoms with Crippen molar-refractivity contribution in [3.63, 3.8) is 0 Å². The molecule has 0 aliphatic carbocycles. The number of methoxy groups -OCH3 is 1. The maximum Gasteiger partial charge on any atom is 0.166 e. The van der Waals surface area contributed by atoms with Crippen LogP contribution < -0.4 is 14.8 Å². The molecule has 2 rings (SSSR count). The summed E-state index contributed by atoms with van der Waals surface area (Å²) < 4.78 is 11.3. The van der Waals surface area contributed by atoms with Gasteiger partial charge in [0.25, 0.3) is 0 Å². The first-order valence-electron chi connectivity index (χ1n) is 8.06. The van der Waals surface area contributed by atoms with Crippen molar-refractivity contribution in [1.82, 2.24) is 10.3 Å². The van der Waals surface area contributed by atoms with Gasteiger partial charge in [0, 0.05) is 36.5 Å². The molecule has 0 unspecified atom stereocenters. The van der Waals surface area contributed by atoms with Crippen LogP contribution in [0.4, 0.5) is 0 Å². The van der Waals surface area contributed by atoms with Crippen LogP contribution in [0.1, 0.15) is 30.8 Å². The third-order valence-electron chi connectivity index (χ3n) is 3.45. The van der Waals surface area contributed by atoms with E-state index in [9.17, 15) is 0 Å². The van der Waals surface area contributed by atoms with E-state index in [1.165, 1.54) is 0 Å². The van der Waals surface area contributed by atoms with Crippen LogP contribution >= 0.6 is 0 Å². The number of aryl methyl sites for hydroxylation is 1. The molecule has 0 spiro atoms. The number of hydrogen-bond acceptors (Lipinski definition) is 4. The second kappa shape index (κ2) is 8.53. The summed E-state index contributed by atoms with van der Waals surface area (Å²) in [5.74, 6) is 1.60. The Kier molecular flexibility index (Phi) is 6.41. The van der Waals surface area contributed by atoms with Crippen LogP contribution in [0, 0.1) is 6.92 Å². The molecule has 0 aliphatic heterocycles. The highest BCUT2D eigenvalue weighted by atomic mass is 16.5. The predicted molar refractivity (Wildman–Crippen MR) is 93.1 cm³/mol. The Morgan fingerprint density at radius 1 is 1.13 bits per heavy atom. The molecule has 1 N–H and O–H groups in total. The quantitative estimate of drug-likeness (QED) is 0.757. The van der Waals surface area contributed by atoms with Crippen molar-refractivity contribution >= 4 is 0 Å². The second-order valence-electron chi connectivity index (χ2n) is 5.81. The molecular weight excluding hydrogens is 288 g/mol. The standard InChI is InChI=1S/C19H26N2O2/c1-14(2)23-19-16(8-6-10-18(19)22-4)13-20-12-11-17-9-5-7-15(3)21-17/h5-10,14,20H,11-13H2,1-4H3. The molecule has 4 nitrogen and oxygen atoms in total. The van der Waals surface area contributed by atoms with E-state index in [1.807, 2.05) is 45.0 Å². The predicted octanol–water partition coefficient (Wildman–Crippen LogP) is 3.52. The highest BCUT2D eigenvalue weighted by molar-refractivity contribution is 5.46. The van der Waals surface area contributed by atoms with Gasteiger partial charge in [-0.25, -0.2) is 0 Å². The number of aromatic nitrogens is 1. The summed E-state index contributed by atoms with van der Waals surface area (Å²) in [6.45, 7) is 7.67. The SMILES string of the molecule is COc1cccc(CNCCc2cccc(C)n2)c1OC(C)C. The number of pyridine rings is 1. The lowest BCUT2D eigenvalue weighted by Gasteiger charge is -2.17. The van der Waals surface area contributed by atoms with E-state index in [2.05, 4.69) is 22.4 Å². The van der Waals surface area contributed by atoms with Crippen LogP contribution in [0.15, 0.2) is 36.4 Å². The van der Waals surface area contributed by atoms with Gasteiger partial charge in [-0.1, -0.05) is 18.2 Å². The molecule has 0 saturated heterocycles. The molecule has 1 heterocycles. The summed E-state index contributed by atoms with van der Waals surface area (Å²) in [5.41, 5.74) is 3.28. The van der Waals surface area contributed by atoms with E-state index < -0.39 is 0 Å². The minimum atomic E-state index is 0.113. The number of nitrogens with zero attached hydrogens (tertiary/aromatic N) is 1. The van der Waals surface area contributed by atoms with Gasteiger partial charge in [-0.2, -0.15) is 0 Å². The molecular formula is C19H26N2O2. The number of hydrogen-bond donors (Lipinski definition) is 1. The van der Waals surface area contributed by atoms with E-state index in [-0.39, 0.29) is 6.10 Å². The minimum Gasteiger partial charge on any atom is -0.493 e. The van der Waals surface area contributed by atoms with E-state index in [1.54, 1.807) is 7.11 Å². The summed E-state index contributed by atoms with van der Waals surface area (Å²) in [6.07, 6.45) is 1.02. The first-order valence-corrected chi connectivity index (χ1v) is 8.06. The molecule has 0 atom stereocenters. The van der Waals surface area contributed by atoms with Gasteiger partial charge in [0.05, 0.1) is 13.2 Å². The van der Waals surface area contributed by atoms with Crippen LogP contribution in [0.3, 0.4) is 0 Å². The lowest BCUT2D eigenvalue weighted by molar-refractivity contribution is 0.227. The van der Waals surface area contributed by atoms with Crippen LogP contribution in [0.25, 0.3) is 0 Å². The smallest absolute Gasteiger partial charge is 0.166 e. The van der Waals surface area contributed by atoms with Gasteiger partial charge in [-0.05, 0) is 39.0 Å². The average Bonchev–Trinajstić information content (AvgIpc) is 2.52. The summed E-state index contributed by atoms with van der Waals surface area (Å²) in [7, 11) is 1.67. The van der Waals surface area contributed by atoms with Crippen LogP contribution in [0.2, 0.25) is 0 Å². The van der Waals surface area contributed by atoms with Crippen LogP contribution in [-0.2, 0) is 13.0 Å². The van der Waals surface area contributed by atoms with E-state index in [4.69, 9.17) is 9.47 Å². The summed E-state index contributed by atoms with van der Waals surface area (Å²) in [4.78, 5) is 4.52. The molecule has 1 aromatic carbocycles. The summed E-state index contributed by atoms with van der Waals surface area (Å²) >= 11 is 0. The fraction of sp³-hybridized carbons (Fsp3) is 0.421. The lowest BCUT2D eigenvalue weighted by Crippen LogP contribution is -2.18. The monoisotopic (exact) mass is 314 g/mol. The van der Waals surface area contributed by atoms with Gasteiger partial charge < -0.3 is 14.8 Å². The first-order chi connectivity index (χ1) is 11.1. The van der Waals surface area contributed by atoms with Crippen molar-refractivity contribution in [3.05, 3.63) is 53.3 Å². The largest absolute Gasteiger partial charge is 0.493 e. The van der Waals surface area contributed by atoms with Crippen molar-refractivity contribution in [3.8, 4) is 11.5 Å². The molecule has 124 valence electrons. The zero-order valence-corrected chi connectivity index (χ0v) is 14.4. The number of ether oxygens (including phenoxy) is 2. The molecule has 4 heteroatoms. The van der Waals surface area contributed by atoms with Gasteiger partial charge in [-0.15, -0.1) is 0 Å². The van der Waals surface area contributed by atoms with Crippen LogP contribution in [0.5, 0.6) is 11.5 Å². The Morgan fingerprint density at radius 2 is 1.91 bits per heavy atom. The molecule has 0 aliphatic rings. The number of rotatable bonds is 8. The average molecular weight is 314 g/mol. The third-order valence-corrected chi connectivity index (χ3v) is 3.45. The molecule has 23 heavy (non-hydrogen) atoms. The van der Waals surface area contributed by atoms with E-state index in [0.29, 0.717) is 0 Å². The zero-order valence-electron chi connectivity index (χ0n) is 14.4. The Hall–Kier alpha value is -2.07. The molecule has 0 saturated carbocycles. The van der Waals surface area contributed by atoms with Gasteiger partial charge in [-0.3, -0.25) is 4.98 Å². The van der Waals surface area contributed by atoms with E-state index >= 15 is 0 Å². The third kappa shape index (κ3) is 5.25. The van der Waals surface area contributed by atoms with Crippen molar-refractivity contribution in [2.75, 3.05) is 13.7 Å². The highest BCUT2D eigenvalue weighted by Crippen LogP contribution is 2.31. The first kappa shape index (κ1) is 17.3. The molecule has 0 fully saturated rings. The van der Waals surface area contributed by atoms with Crippen molar-refractivity contribution < 1.29 is 9.47 Å². The molecule has 0 radical (unpaired) electrons. The maximum atomic E-state index is 5.92. The maximum absolute atomic E-state index is 5.92. The molecule has 0 bridgehead atoms. The number of benzene rings is 1. The summed E-state index contributed by atoms with van der Waals surface area (Å²) in [5, 5.41) is 3.46. The Balaban J connectivity index is 1.94. The lowest BCUT2D eigenvalue weighted by atomic mass is 10.1. The van der Waals surface area contributed by atoms with Crippen molar-refractivity contribution in [1.29, 1.82) is 0 Å². The van der Waals surface area contributed by atoms with Crippen molar-refractivity contribution in [2.45, 2.75) is 39.8 Å². The molecule has 2 aromatic rings. The van der Waals surface area contributed by atoms with E-state index in [0.717, 1.165) is 48.0 Å². The van der Waals surface area contributed by atoms with Crippen LogP contribution in [-0.4, -0.2) is 24.7 Å². The molecule has 1 aromatic heterocycles. The topological polar surface area (TPSA) is 43.4 Å². The Labute approximate surface area is 138 Å². The van der Waals surface area contributed by atoms with Gasteiger partial charge >= 0.3 is 0 Å².